The third kappa shape index (κ3) is 5.82. The number of hydrogen-bond donors (Lipinski definition) is 0. The minimum absolute atomic E-state index is 0.114. The van der Waals surface area contributed by atoms with Crippen LogP contribution in [0, 0.1) is 6.92 Å². The van der Waals surface area contributed by atoms with Crippen molar-refractivity contribution >= 4 is 0 Å². The van der Waals surface area contributed by atoms with Crippen molar-refractivity contribution in [2.24, 2.45) is 0 Å². The first-order valence-corrected chi connectivity index (χ1v) is 10.5. The molecule has 2 aromatic carbocycles. The molecule has 4 rings (SSSR count). The number of rotatable bonds is 9. The van der Waals surface area contributed by atoms with E-state index >= 15 is 0 Å². The Hall–Kier alpha value is -3.93. The predicted octanol–water partition coefficient (Wildman–Crippen LogP) is 4.20. The summed E-state index contributed by atoms with van der Waals surface area (Å²) in [7, 11) is 0. The van der Waals surface area contributed by atoms with Gasteiger partial charge in [0.1, 0.15) is 18.1 Å². The first-order chi connectivity index (χ1) is 15.7. The molecule has 0 spiro atoms. The summed E-state index contributed by atoms with van der Waals surface area (Å²) in [6, 6.07) is 23.2. The molecule has 0 aliphatic heterocycles. The van der Waals surface area contributed by atoms with Gasteiger partial charge in [-0.2, -0.15) is 0 Å². The van der Waals surface area contributed by atoms with Crippen molar-refractivity contribution in [3.63, 3.8) is 0 Å². The van der Waals surface area contributed by atoms with Gasteiger partial charge in [0, 0.05) is 30.6 Å². The summed E-state index contributed by atoms with van der Waals surface area (Å²) in [4.78, 5) is 20.9. The molecular formula is C26H25N3O3. The van der Waals surface area contributed by atoms with Crippen LogP contribution in [-0.4, -0.2) is 21.1 Å². The Morgan fingerprint density at radius 3 is 2.28 bits per heavy atom. The molecule has 4 aromatic rings. The highest BCUT2D eigenvalue weighted by Crippen LogP contribution is 2.16. The normalized spacial score (nSPS) is 10.7. The smallest absolute Gasteiger partial charge is 0.254 e. The molecule has 0 bridgehead atoms. The van der Waals surface area contributed by atoms with Gasteiger partial charge in [-0.25, -0.2) is 9.97 Å². The maximum absolute atomic E-state index is 12.6. The Morgan fingerprint density at radius 2 is 1.56 bits per heavy atom. The highest BCUT2D eigenvalue weighted by Gasteiger charge is 2.07. The van der Waals surface area contributed by atoms with E-state index in [2.05, 4.69) is 22.1 Å². The van der Waals surface area contributed by atoms with E-state index in [9.17, 15) is 4.79 Å². The highest BCUT2D eigenvalue weighted by atomic mass is 16.5. The van der Waals surface area contributed by atoms with Crippen LogP contribution in [0.5, 0.6) is 11.5 Å². The fourth-order valence-electron chi connectivity index (χ4n) is 3.34. The fourth-order valence-corrected chi connectivity index (χ4v) is 3.34. The zero-order chi connectivity index (χ0) is 22.2. The van der Waals surface area contributed by atoms with Gasteiger partial charge in [0.25, 0.3) is 5.56 Å². The van der Waals surface area contributed by atoms with Crippen molar-refractivity contribution in [2.45, 2.75) is 26.5 Å². The second-order valence-corrected chi connectivity index (χ2v) is 7.44. The van der Waals surface area contributed by atoms with Gasteiger partial charge >= 0.3 is 0 Å². The third-order valence-corrected chi connectivity index (χ3v) is 5.06. The fraction of sp³-hybridized carbons (Fsp3) is 0.192. The maximum atomic E-state index is 12.6. The van der Waals surface area contributed by atoms with Crippen molar-refractivity contribution < 1.29 is 9.47 Å². The van der Waals surface area contributed by atoms with Gasteiger partial charge in [-0.1, -0.05) is 42.5 Å². The minimum atomic E-state index is -0.114. The quantitative estimate of drug-likeness (QED) is 0.401. The molecular weight excluding hydrogens is 402 g/mol. The molecule has 2 aromatic heterocycles. The number of aryl methyl sites for hydroxylation is 1. The molecule has 0 amide bonds. The lowest BCUT2D eigenvalue weighted by Gasteiger charge is -2.13. The van der Waals surface area contributed by atoms with Crippen LogP contribution < -0.4 is 15.0 Å². The van der Waals surface area contributed by atoms with E-state index in [1.165, 1.54) is 11.6 Å². The Kier molecular flexibility index (Phi) is 6.92. The number of pyridine rings is 1. The highest BCUT2D eigenvalue weighted by molar-refractivity contribution is 5.29. The molecule has 0 aliphatic rings. The van der Waals surface area contributed by atoms with Gasteiger partial charge in [-0.05, 0) is 42.3 Å². The first-order valence-electron chi connectivity index (χ1n) is 10.5. The summed E-state index contributed by atoms with van der Waals surface area (Å²) in [6.45, 7) is 3.22. The van der Waals surface area contributed by atoms with Gasteiger partial charge < -0.3 is 14.0 Å². The number of aromatic nitrogens is 3. The summed E-state index contributed by atoms with van der Waals surface area (Å²) in [5.41, 5.74) is 2.99. The van der Waals surface area contributed by atoms with E-state index < -0.39 is 0 Å². The Morgan fingerprint density at radius 1 is 0.812 bits per heavy atom. The van der Waals surface area contributed by atoms with E-state index in [0.29, 0.717) is 24.7 Å². The van der Waals surface area contributed by atoms with Gasteiger partial charge in [0.15, 0.2) is 5.82 Å². The van der Waals surface area contributed by atoms with Crippen LogP contribution in [-0.2, 0) is 19.6 Å². The number of hydrogen-bond acceptors (Lipinski definition) is 5. The second-order valence-electron chi connectivity index (χ2n) is 7.44. The standard InChI is InChI=1S/C26H25N3O3/c1-20-16-24(32-19-25-27-13-5-14-28-25)17-26(30)29(20)18-22-8-10-23(11-9-22)31-15-12-21-6-3-2-4-7-21/h2-11,13-14,16-17H,12,15,18-19H2,1H3. The monoisotopic (exact) mass is 427 g/mol. The number of benzene rings is 2. The van der Waals surface area contributed by atoms with Crippen molar-refractivity contribution in [1.29, 1.82) is 0 Å². The van der Waals surface area contributed by atoms with Crippen LogP contribution in [0.2, 0.25) is 0 Å². The molecule has 2 heterocycles. The lowest BCUT2D eigenvalue weighted by atomic mass is 10.2. The average molecular weight is 428 g/mol. The second kappa shape index (κ2) is 10.4. The van der Waals surface area contributed by atoms with Crippen molar-refractivity contribution in [2.75, 3.05) is 6.61 Å². The molecule has 0 atom stereocenters. The van der Waals surface area contributed by atoms with Gasteiger partial charge in [-0.15, -0.1) is 0 Å². The molecule has 0 saturated heterocycles. The van der Waals surface area contributed by atoms with E-state index in [4.69, 9.17) is 9.47 Å². The van der Waals surface area contributed by atoms with Crippen LogP contribution in [0.3, 0.4) is 0 Å². The van der Waals surface area contributed by atoms with E-state index in [1.54, 1.807) is 23.0 Å². The molecule has 0 radical (unpaired) electrons. The molecule has 0 N–H and O–H groups in total. The molecule has 32 heavy (non-hydrogen) atoms. The van der Waals surface area contributed by atoms with E-state index in [0.717, 1.165) is 23.4 Å². The van der Waals surface area contributed by atoms with Crippen LogP contribution in [0.1, 0.15) is 22.6 Å². The summed E-state index contributed by atoms with van der Waals surface area (Å²) in [5, 5.41) is 0. The van der Waals surface area contributed by atoms with Gasteiger partial charge in [-0.3, -0.25) is 4.79 Å². The SMILES string of the molecule is Cc1cc(OCc2ncccn2)cc(=O)n1Cc1ccc(OCCc2ccccc2)cc1. The van der Waals surface area contributed by atoms with E-state index in [-0.39, 0.29) is 12.2 Å². The summed E-state index contributed by atoms with van der Waals surface area (Å²) in [6.07, 6.45) is 4.19. The lowest BCUT2D eigenvalue weighted by molar-refractivity contribution is 0.294. The lowest BCUT2D eigenvalue weighted by Crippen LogP contribution is -2.22. The molecule has 0 aliphatic carbocycles. The summed E-state index contributed by atoms with van der Waals surface area (Å²) < 4.78 is 13.3. The van der Waals surface area contributed by atoms with Gasteiger partial charge in [0.05, 0.1) is 13.2 Å². The predicted molar refractivity (Wildman–Crippen MR) is 123 cm³/mol. The minimum Gasteiger partial charge on any atom is -0.493 e. The topological polar surface area (TPSA) is 66.2 Å². The van der Waals surface area contributed by atoms with Crippen LogP contribution in [0.4, 0.5) is 0 Å². The van der Waals surface area contributed by atoms with Crippen molar-refractivity contribution in [1.82, 2.24) is 14.5 Å². The Balaban J connectivity index is 1.34. The molecule has 162 valence electrons. The third-order valence-electron chi connectivity index (χ3n) is 5.06. The van der Waals surface area contributed by atoms with Crippen LogP contribution in [0.15, 0.2) is 90.0 Å². The summed E-state index contributed by atoms with van der Waals surface area (Å²) in [5.74, 6) is 1.90. The van der Waals surface area contributed by atoms with Crippen molar-refractivity contribution in [3.05, 3.63) is 118 Å². The zero-order valence-electron chi connectivity index (χ0n) is 18.0. The summed E-state index contributed by atoms with van der Waals surface area (Å²) >= 11 is 0. The van der Waals surface area contributed by atoms with Crippen LogP contribution in [0.25, 0.3) is 0 Å². The number of nitrogens with zero attached hydrogens (tertiary/aromatic N) is 3. The molecule has 0 saturated carbocycles. The molecule has 6 heteroatoms. The first kappa shape index (κ1) is 21.3. The molecule has 6 nitrogen and oxygen atoms in total. The number of ether oxygens (including phenoxy) is 2. The van der Waals surface area contributed by atoms with Crippen molar-refractivity contribution in [3.8, 4) is 11.5 Å². The Labute approximate surface area is 187 Å². The molecule has 0 unspecified atom stereocenters. The maximum Gasteiger partial charge on any atom is 0.254 e. The zero-order valence-corrected chi connectivity index (χ0v) is 18.0. The molecule has 0 fully saturated rings. The average Bonchev–Trinajstić information content (AvgIpc) is 2.82. The van der Waals surface area contributed by atoms with Crippen LogP contribution >= 0.6 is 0 Å². The largest absolute Gasteiger partial charge is 0.493 e. The van der Waals surface area contributed by atoms with E-state index in [1.807, 2.05) is 55.5 Å². The Bertz CT molecular complexity index is 1190. The van der Waals surface area contributed by atoms with Gasteiger partial charge in [0.2, 0.25) is 0 Å².